The van der Waals surface area contributed by atoms with E-state index in [-0.39, 0.29) is 5.54 Å². The van der Waals surface area contributed by atoms with Gasteiger partial charge >= 0.3 is 0 Å². The molecule has 0 aliphatic heterocycles. The fourth-order valence-corrected chi connectivity index (χ4v) is 2.51. The van der Waals surface area contributed by atoms with Gasteiger partial charge in [-0.25, -0.2) is 4.98 Å². The molecule has 2 N–H and O–H groups in total. The zero-order chi connectivity index (χ0) is 11.3. The number of aromatic nitrogens is 1. The highest BCUT2D eigenvalue weighted by atomic mass is 32.1. The molecule has 0 saturated carbocycles. The molecule has 0 aromatic carbocycles. The number of nitrogens with zero attached hydrogens (tertiary/aromatic N) is 2. The van der Waals surface area contributed by atoms with Crippen LogP contribution in [0.3, 0.4) is 0 Å². The van der Waals surface area contributed by atoms with Crippen molar-refractivity contribution in [1.29, 1.82) is 0 Å². The summed E-state index contributed by atoms with van der Waals surface area (Å²) in [4.78, 5) is 6.64. The topological polar surface area (TPSA) is 42.1 Å². The monoisotopic (exact) mass is 227 g/mol. The lowest BCUT2D eigenvalue weighted by Gasteiger charge is -2.39. The van der Waals surface area contributed by atoms with Crippen LogP contribution >= 0.6 is 11.3 Å². The Morgan fingerprint density at radius 1 is 1.47 bits per heavy atom. The molecule has 15 heavy (non-hydrogen) atoms. The Labute approximate surface area is 96.3 Å². The molecule has 0 saturated heterocycles. The molecule has 1 heterocycles. The van der Waals surface area contributed by atoms with Gasteiger partial charge < -0.3 is 5.73 Å². The number of rotatable bonds is 6. The van der Waals surface area contributed by atoms with E-state index >= 15 is 0 Å². The number of thiazole rings is 1. The maximum atomic E-state index is 5.90. The van der Waals surface area contributed by atoms with E-state index in [0.29, 0.717) is 6.54 Å². The number of nitrogens with two attached hydrogens (primary N) is 1. The van der Waals surface area contributed by atoms with Crippen LogP contribution in [-0.4, -0.2) is 29.0 Å². The van der Waals surface area contributed by atoms with Gasteiger partial charge in [0.15, 0.2) is 0 Å². The minimum atomic E-state index is 0.129. The molecule has 0 atom stereocenters. The summed E-state index contributed by atoms with van der Waals surface area (Å²) < 4.78 is 0. The summed E-state index contributed by atoms with van der Waals surface area (Å²) in [5.74, 6) is 0. The van der Waals surface area contributed by atoms with Gasteiger partial charge in [0, 0.05) is 24.0 Å². The quantitative estimate of drug-likeness (QED) is 0.809. The molecular formula is C11H21N3S. The van der Waals surface area contributed by atoms with E-state index in [1.807, 2.05) is 5.51 Å². The van der Waals surface area contributed by atoms with Crippen LogP contribution in [0.5, 0.6) is 0 Å². The van der Waals surface area contributed by atoms with Gasteiger partial charge in [0.2, 0.25) is 0 Å². The van der Waals surface area contributed by atoms with Crippen molar-refractivity contribution in [1.82, 2.24) is 9.88 Å². The second-order valence-electron chi connectivity index (χ2n) is 3.97. The predicted molar refractivity (Wildman–Crippen MR) is 65.9 cm³/mol. The molecule has 0 aliphatic carbocycles. The van der Waals surface area contributed by atoms with Crippen LogP contribution in [0, 0.1) is 0 Å². The first-order chi connectivity index (χ1) is 7.18. The Morgan fingerprint density at radius 2 is 2.13 bits per heavy atom. The van der Waals surface area contributed by atoms with Crippen molar-refractivity contribution >= 4 is 11.3 Å². The number of likely N-dealkylation sites (N-methyl/N-ethyl adjacent to an activating group) is 1. The summed E-state index contributed by atoms with van der Waals surface area (Å²) in [6.07, 6.45) is 2.17. The number of hydrogen-bond donors (Lipinski definition) is 1. The van der Waals surface area contributed by atoms with Crippen LogP contribution < -0.4 is 5.73 Å². The smallest absolute Gasteiger partial charge is 0.0795 e. The highest BCUT2D eigenvalue weighted by molar-refractivity contribution is 7.07. The van der Waals surface area contributed by atoms with Crippen LogP contribution in [-0.2, 0) is 6.54 Å². The first-order valence-electron chi connectivity index (χ1n) is 5.47. The van der Waals surface area contributed by atoms with Gasteiger partial charge in [0.05, 0.1) is 11.2 Å². The summed E-state index contributed by atoms with van der Waals surface area (Å²) >= 11 is 1.65. The summed E-state index contributed by atoms with van der Waals surface area (Å²) in [6, 6.07) is 0. The molecule has 1 rings (SSSR count). The Hall–Kier alpha value is -0.450. The van der Waals surface area contributed by atoms with Crippen molar-refractivity contribution in [2.24, 2.45) is 5.73 Å². The Balaban J connectivity index is 2.68. The molecule has 86 valence electrons. The molecule has 1 aromatic heterocycles. The lowest BCUT2D eigenvalue weighted by molar-refractivity contribution is 0.107. The molecule has 0 bridgehead atoms. The lowest BCUT2D eigenvalue weighted by Crippen LogP contribution is -2.50. The molecule has 0 spiro atoms. The van der Waals surface area contributed by atoms with Crippen LogP contribution in [0.15, 0.2) is 10.9 Å². The van der Waals surface area contributed by atoms with Crippen molar-refractivity contribution in [3.63, 3.8) is 0 Å². The van der Waals surface area contributed by atoms with Crippen molar-refractivity contribution < 1.29 is 0 Å². The van der Waals surface area contributed by atoms with E-state index in [9.17, 15) is 0 Å². The van der Waals surface area contributed by atoms with Crippen molar-refractivity contribution in [3.05, 3.63) is 16.6 Å². The molecule has 3 nitrogen and oxygen atoms in total. The van der Waals surface area contributed by atoms with Gasteiger partial charge in [-0.05, 0) is 19.9 Å². The van der Waals surface area contributed by atoms with Gasteiger partial charge in [-0.15, -0.1) is 11.3 Å². The zero-order valence-electron chi connectivity index (χ0n) is 9.86. The average molecular weight is 227 g/mol. The highest BCUT2D eigenvalue weighted by Gasteiger charge is 2.29. The molecule has 0 radical (unpaired) electrons. The molecule has 0 fully saturated rings. The minimum absolute atomic E-state index is 0.129. The third-order valence-corrected chi connectivity index (χ3v) is 4.02. The maximum Gasteiger partial charge on any atom is 0.0795 e. The molecule has 1 aromatic rings. The molecular weight excluding hydrogens is 206 g/mol. The average Bonchev–Trinajstić information content (AvgIpc) is 2.74. The van der Waals surface area contributed by atoms with Gasteiger partial charge in [-0.2, -0.15) is 0 Å². The van der Waals surface area contributed by atoms with Gasteiger partial charge in [-0.1, -0.05) is 13.8 Å². The minimum Gasteiger partial charge on any atom is -0.329 e. The Morgan fingerprint density at radius 3 is 2.53 bits per heavy atom. The summed E-state index contributed by atoms with van der Waals surface area (Å²) in [5, 5.41) is 2.10. The molecule has 0 unspecified atom stereocenters. The van der Waals surface area contributed by atoms with E-state index in [4.69, 9.17) is 5.73 Å². The maximum absolute atomic E-state index is 5.90. The van der Waals surface area contributed by atoms with E-state index in [1.165, 1.54) is 0 Å². The van der Waals surface area contributed by atoms with Crippen LogP contribution in [0.1, 0.15) is 32.4 Å². The second kappa shape index (κ2) is 5.58. The van der Waals surface area contributed by atoms with Crippen LogP contribution in [0.25, 0.3) is 0 Å². The summed E-state index contributed by atoms with van der Waals surface area (Å²) in [6.45, 7) is 6.00. The van der Waals surface area contributed by atoms with Gasteiger partial charge in [-0.3, -0.25) is 4.90 Å². The Bertz CT molecular complexity index is 259. The molecule has 0 aliphatic rings. The van der Waals surface area contributed by atoms with E-state index < -0.39 is 0 Å². The van der Waals surface area contributed by atoms with Crippen molar-refractivity contribution in [2.45, 2.75) is 38.8 Å². The van der Waals surface area contributed by atoms with Crippen LogP contribution in [0.4, 0.5) is 0 Å². The number of hydrogen-bond acceptors (Lipinski definition) is 4. The fourth-order valence-electron chi connectivity index (χ4n) is 1.96. The first kappa shape index (κ1) is 12.6. The van der Waals surface area contributed by atoms with Crippen LogP contribution in [0.2, 0.25) is 0 Å². The fraction of sp³-hybridized carbons (Fsp3) is 0.727. The van der Waals surface area contributed by atoms with Crippen molar-refractivity contribution in [3.8, 4) is 0 Å². The van der Waals surface area contributed by atoms with Gasteiger partial charge in [0.1, 0.15) is 0 Å². The standard InChI is InChI=1S/C11H21N3S/c1-4-11(5-2,8-12)14(3)6-10-7-15-9-13-10/h7,9H,4-6,8,12H2,1-3H3. The largest absolute Gasteiger partial charge is 0.329 e. The normalized spacial score (nSPS) is 12.3. The SMILES string of the molecule is CCC(CC)(CN)N(C)Cc1cscn1. The summed E-state index contributed by atoms with van der Waals surface area (Å²) in [5.41, 5.74) is 9.05. The van der Waals surface area contributed by atoms with E-state index in [0.717, 1.165) is 25.1 Å². The third kappa shape index (κ3) is 2.77. The molecule has 0 amide bonds. The third-order valence-electron chi connectivity index (χ3n) is 3.39. The first-order valence-corrected chi connectivity index (χ1v) is 6.41. The van der Waals surface area contributed by atoms with E-state index in [1.54, 1.807) is 11.3 Å². The zero-order valence-corrected chi connectivity index (χ0v) is 10.7. The second-order valence-corrected chi connectivity index (χ2v) is 4.69. The van der Waals surface area contributed by atoms with Gasteiger partial charge in [0.25, 0.3) is 0 Å². The van der Waals surface area contributed by atoms with E-state index in [2.05, 4.69) is 36.2 Å². The highest BCUT2D eigenvalue weighted by Crippen LogP contribution is 2.23. The lowest BCUT2D eigenvalue weighted by atomic mass is 9.91. The predicted octanol–water partition coefficient (Wildman–Crippen LogP) is 2.09. The molecule has 4 heteroatoms. The van der Waals surface area contributed by atoms with Crippen molar-refractivity contribution in [2.75, 3.05) is 13.6 Å². The summed E-state index contributed by atoms with van der Waals surface area (Å²) in [7, 11) is 2.14. The Kier molecular flexibility index (Phi) is 4.70.